The summed E-state index contributed by atoms with van der Waals surface area (Å²) in [4.78, 5) is 11.8. The Morgan fingerprint density at radius 2 is 1.57 bits per heavy atom. The van der Waals surface area contributed by atoms with Gasteiger partial charge in [0.15, 0.2) is 0 Å². The molecular formula is C18H28O3. The summed E-state index contributed by atoms with van der Waals surface area (Å²) in [6.45, 7) is 12.4. The first kappa shape index (κ1) is 17.5. The molecular weight excluding hydrogens is 264 g/mol. The van der Waals surface area contributed by atoms with E-state index >= 15 is 0 Å². The average molecular weight is 292 g/mol. The summed E-state index contributed by atoms with van der Waals surface area (Å²) in [7, 11) is 0. The van der Waals surface area contributed by atoms with Gasteiger partial charge in [-0.25, -0.2) is 0 Å². The lowest BCUT2D eigenvalue weighted by Gasteiger charge is -2.19. The lowest BCUT2D eigenvalue weighted by atomic mass is 9.89. The predicted molar refractivity (Wildman–Crippen MR) is 85.8 cm³/mol. The molecule has 0 aliphatic carbocycles. The van der Waals surface area contributed by atoms with Crippen molar-refractivity contribution in [1.29, 1.82) is 0 Å². The Bertz CT molecular complexity index is 460. The zero-order valence-corrected chi connectivity index (χ0v) is 14.1. The summed E-state index contributed by atoms with van der Waals surface area (Å²) in [6, 6.07) is 4.03. The Hall–Kier alpha value is -1.51. The van der Waals surface area contributed by atoms with Crippen LogP contribution >= 0.6 is 0 Å². The largest absolute Gasteiger partial charge is 0.507 e. The topological polar surface area (TPSA) is 46.5 Å². The average Bonchev–Trinajstić information content (AvgIpc) is 2.40. The highest BCUT2D eigenvalue weighted by Crippen LogP contribution is 2.35. The maximum absolute atomic E-state index is 11.8. The number of carbonyl (C=O) groups excluding carboxylic acids is 1. The van der Waals surface area contributed by atoms with Gasteiger partial charge in [0.2, 0.25) is 0 Å². The number of ether oxygens (including phenoxy) is 1. The molecule has 0 aromatic heterocycles. The van der Waals surface area contributed by atoms with Gasteiger partial charge in [-0.05, 0) is 41.9 Å². The fourth-order valence-electron chi connectivity index (χ4n) is 2.46. The second-order valence-corrected chi connectivity index (χ2v) is 6.29. The first-order valence-corrected chi connectivity index (χ1v) is 7.80. The molecule has 1 aromatic rings. The van der Waals surface area contributed by atoms with Crippen molar-refractivity contribution in [2.45, 2.75) is 59.8 Å². The van der Waals surface area contributed by atoms with Crippen LogP contribution in [0, 0.1) is 5.92 Å². The van der Waals surface area contributed by atoms with Gasteiger partial charge in [-0.2, -0.15) is 0 Å². The third kappa shape index (κ3) is 4.48. The lowest BCUT2D eigenvalue weighted by Crippen LogP contribution is -2.17. The molecule has 3 heteroatoms. The van der Waals surface area contributed by atoms with Crippen LogP contribution in [0.15, 0.2) is 12.1 Å². The van der Waals surface area contributed by atoms with Crippen LogP contribution in [0.4, 0.5) is 0 Å². The highest BCUT2D eigenvalue weighted by Gasteiger charge is 2.19. The van der Waals surface area contributed by atoms with Crippen LogP contribution in [0.5, 0.6) is 5.75 Å². The third-order valence-corrected chi connectivity index (χ3v) is 3.70. The van der Waals surface area contributed by atoms with Crippen molar-refractivity contribution in [3.8, 4) is 5.75 Å². The fraction of sp³-hybridized carbons (Fsp3) is 0.611. The molecule has 21 heavy (non-hydrogen) atoms. The van der Waals surface area contributed by atoms with Crippen LogP contribution in [0.25, 0.3) is 0 Å². The second kappa shape index (κ2) is 7.48. The molecule has 0 saturated carbocycles. The first-order valence-electron chi connectivity index (χ1n) is 7.80. The summed E-state index contributed by atoms with van der Waals surface area (Å²) in [6.07, 6.45) is 0.637. The van der Waals surface area contributed by atoms with E-state index in [4.69, 9.17) is 4.74 Å². The van der Waals surface area contributed by atoms with Crippen molar-refractivity contribution in [2.24, 2.45) is 5.92 Å². The zero-order valence-electron chi connectivity index (χ0n) is 14.1. The van der Waals surface area contributed by atoms with E-state index in [0.29, 0.717) is 18.8 Å². The number of phenolic OH excluding ortho intramolecular Hbond substituents is 1. The zero-order chi connectivity index (χ0) is 16.2. The minimum absolute atomic E-state index is 0.164. The van der Waals surface area contributed by atoms with Crippen molar-refractivity contribution < 1.29 is 14.6 Å². The van der Waals surface area contributed by atoms with Gasteiger partial charge in [-0.15, -0.1) is 0 Å². The highest BCUT2D eigenvalue weighted by atomic mass is 16.5. The molecule has 0 amide bonds. The molecule has 1 aromatic carbocycles. The molecule has 3 nitrogen and oxygen atoms in total. The van der Waals surface area contributed by atoms with E-state index in [1.165, 1.54) is 0 Å². The number of rotatable bonds is 6. The normalized spacial score (nSPS) is 12.8. The number of carbonyl (C=O) groups is 1. The van der Waals surface area contributed by atoms with E-state index in [-0.39, 0.29) is 23.7 Å². The summed E-state index contributed by atoms with van der Waals surface area (Å²) in [5.41, 5.74) is 2.99. The van der Waals surface area contributed by atoms with Crippen LogP contribution < -0.4 is 0 Å². The second-order valence-electron chi connectivity index (χ2n) is 6.29. The van der Waals surface area contributed by atoms with Crippen LogP contribution in [-0.4, -0.2) is 17.7 Å². The summed E-state index contributed by atoms with van der Waals surface area (Å²) in [5.74, 6) is 0.561. The maximum atomic E-state index is 11.8. The van der Waals surface area contributed by atoms with Gasteiger partial charge in [0, 0.05) is 0 Å². The molecule has 1 unspecified atom stereocenters. The van der Waals surface area contributed by atoms with E-state index in [2.05, 4.69) is 27.7 Å². The van der Waals surface area contributed by atoms with Crippen molar-refractivity contribution >= 4 is 5.97 Å². The minimum atomic E-state index is -0.172. The van der Waals surface area contributed by atoms with Crippen molar-refractivity contribution in [1.82, 2.24) is 0 Å². The van der Waals surface area contributed by atoms with Crippen molar-refractivity contribution in [3.05, 3.63) is 28.8 Å². The molecule has 0 spiro atoms. The van der Waals surface area contributed by atoms with Crippen molar-refractivity contribution in [3.63, 3.8) is 0 Å². The van der Waals surface area contributed by atoms with Gasteiger partial charge in [0.05, 0.1) is 12.5 Å². The summed E-state index contributed by atoms with van der Waals surface area (Å²) in [5, 5.41) is 10.4. The van der Waals surface area contributed by atoms with E-state index in [1.807, 2.05) is 26.0 Å². The SMILES string of the molecule is CCOC(=O)C(C)Cc1cc(C(C)C)c(O)c(C(C)C)c1. The van der Waals surface area contributed by atoms with Crippen LogP contribution in [0.1, 0.15) is 70.1 Å². The van der Waals surface area contributed by atoms with Gasteiger partial charge in [0.1, 0.15) is 5.75 Å². The maximum Gasteiger partial charge on any atom is 0.308 e. The van der Waals surface area contributed by atoms with E-state index in [0.717, 1.165) is 16.7 Å². The Balaban J connectivity index is 3.10. The van der Waals surface area contributed by atoms with E-state index in [9.17, 15) is 9.90 Å². The van der Waals surface area contributed by atoms with Gasteiger partial charge < -0.3 is 9.84 Å². The fourth-order valence-corrected chi connectivity index (χ4v) is 2.46. The van der Waals surface area contributed by atoms with Crippen LogP contribution in [0.2, 0.25) is 0 Å². The van der Waals surface area contributed by atoms with Gasteiger partial charge in [-0.3, -0.25) is 4.79 Å². The Labute approximate surface area is 128 Å². The smallest absolute Gasteiger partial charge is 0.308 e. The molecule has 1 rings (SSSR count). The van der Waals surface area contributed by atoms with Crippen LogP contribution in [-0.2, 0) is 16.0 Å². The molecule has 0 radical (unpaired) electrons. The molecule has 1 atom stereocenters. The Morgan fingerprint density at radius 1 is 1.10 bits per heavy atom. The molecule has 0 fully saturated rings. The number of hydrogen-bond donors (Lipinski definition) is 1. The standard InChI is InChI=1S/C18H28O3/c1-7-21-18(20)13(6)8-14-9-15(11(2)3)17(19)16(10-14)12(4)5/h9-13,19H,7-8H2,1-6H3. The number of hydrogen-bond acceptors (Lipinski definition) is 3. The molecule has 0 aliphatic rings. The Morgan fingerprint density at radius 3 is 1.95 bits per heavy atom. The van der Waals surface area contributed by atoms with Gasteiger partial charge in [-0.1, -0.05) is 46.8 Å². The number of benzene rings is 1. The summed E-state index contributed by atoms with van der Waals surface area (Å²) >= 11 is 0. The van der Waals surface area contributed by atoms with E-state index < -0.39 is 0 Å². The molecule has 0 aliphatic heterocycles. The van der Waals surface area contributed by atoms with Crippen LogP contribution in [0.3, 0.4) is 0 Å². The molecule has 0 bridgehead atoms. The lowest BCUT2D eigenvalue weighted by molar-refractivity contribution is -0.147. The predicted octanol–water partition coefficient (Wildman–Crippen LogP) is 4.38. The molecule has 0 heterocycles. The highest BCUT2D eigenvalue weighted by molar-refractivity contribution is 5.72. The number of aromatic hydroxyl groups is 1. The Kier molecular flexibility index (Phi) is 6.25. The number of phenols is 1. The monoisotopic (exact) mass is 292 g/mol. The quantitative estimate of drug-likeness (QED) is 0.791. The van der Waals surface area contributed by atoms with Gasteiger partial charge >= 0.3 is 5.97 Å². The summed E-state index contributed by atoms with van der Waals surface area (Å²) < 4.78 is 5.07. The number of esters is 1. The van der Waals surface area contributed by atoms with Gasteiger partial charge in [0.25, 0.3) is 0 Å². The molecule has 0 saturated heterocycles. The minimum Gasteiger partial charge on any atom is -0.507 e. The molecule has 1 N–H and O–H groups in total. The molecule has 118 valence electrons. The van der Waals surface area contributed by atoms with Crippen molar-refractivity contribution in [2.75, 3.05) is 6.61 Å². The first-order chi connectivity index (χ1) is 9.77. The van der Waals surface area contributed by atoms with E-state index in [1.54, 1.807) is 0 Å². The third-order valence-electron chi connectivity index (χ3n) is 3.70.